The molecule has 0 bridgehead atoms. The molecule has 1 aromatic carbocycles. The molecule has 1 heterocycles. The summed E-state index contributed by atoms with van der Waals surface area (Å²) in [6.07, 6.45) is 2.30. The summed E-state index contributed by atoms with van der Waals surface area (Å²) in [6, 6.07) is 7.48. The van der Waals surface area contributed by atoms with Crippen molar-refractivity contribution in [2.24, 2.45) is 0 Å². The summed E-state index contributed by atoms with van der Waals surface area (Å²) in [5.41, 5.74) is 0.150. The van der Waals surface area contributed by atoms with E-state index < -0.39 is 5.97 Å². The molecule has 1 aromatic heterocycles. The third-order valence-corrected chi connectivity index (χ3v) is 3.15. The van der Waals surface area contributed by atoms with Gasteiger partial charge in [-0.3, -0.25) is 9.36 Å². The zero-order chi connectivity index (χ0) is 15.4. The quantitative estimate of drug-likeness (QED) is 0.895. The molecule has 0 aliphatic heterocycles. The van der Waals surface area contributed by atoms with Gasteiger partial charge in [-0.2, -0.15) is 0 Å². The van der Waals surface area contributed by atoms with Gasteiger partial charge in [0.15, 0.2) is 0 Å². The van der Waals surface area contributed by atoms with Crippen LogP contribution in [-0.2, 0) is 13.1 Å². The molecule has 0 atom stereocenters. The molecule has 110 valence electrons. The van der Waals surface area contributed by atoms with Crippen molar-refractivity contribution in [2.75, 3.05) is 0 Å². The standard InChI is InChI=1S/C15H16N2O4/c1-2-8-16-9-7-13(18)17(15(16)21)10-11-3-5-12(6-4-11)14(19)20/h3-7,9H,2,8,10H2,1H3,(H,19,20). The lowest BCUT2D eigenvalue weighted by Crippen LogP contribution is -2.39. The molecule has 21 heavy (non-hydrogen) atoms. The Hall–Kier alpha value is -2.63. The molecule has 2 rings (SSSR count). The molecule has 2 aromatic rings. The lowest BCUT2D eigenvalue weighted by atomic mass is 10.1. The van der Waals surface area contributed by atoms with Crippen molar-refractivity contribution in [3.8, 4) is 0 Å². The number of carbonyl (C=O) groups is 1. The highest BCUT2D eigenvalue weighted by Crippen LogP contribution is 2.05. The fourth-order valence-corrected chi connectivity index (χ4v) is 2.05. The van der Waals surface area contributed by atoms with Crippen LogP contribution in [0.25, 0.3) is 0 Å². The van der Waals surface area contributed by atoms with Gasteiger partial charge in [0.1, 0.15) is 0 Å². The molecule has 6 nitrogen and oxygen atoms in total. The van der Waals surface area contributed by atoms with Gasteiger partial charge in [-0.1, -0.05) is 19.1 Å². The number of nitrogens with zero attached hydrogens (tertiary/aromatic N) is 2. The number of hydrogen-bond donors (Lipinski definition) is 1. The average molecular weight is 288 g/mol. The van der Waals surface area contributed by atoms with Gasteiger partial charge < -0.3 is 9.67 Å². The van der Waals surface area contributed by atoms with Crippen molar-refractivity contribution in [1.82, 2.24) is 9.13 Å². The van der Waals surface area contributed by atoms with E-state index in [1.807, 2.05) is 6.92 Å². The molecule has 0 spiro atoms. The van der Waals surface area contributed by atoms with Crippen LogP contribution in [-0.4, -0.2) is 20.2 Å². The molecular formula is C15H16N2O4. The maximum Gasteiger partial charge on any atom is 0.335 e. The highest BCUT2D eigenvalue weighted by molar-refractivity contribution is 5.87. The third kappa shape index (κ3) is 3.28. The van der Waals surface area contributed by atoms with Gasteiger partial charge in [-0.05, 0) is 24.1 Å². The molecular weight excluding hydrogens is 272 g/mol. The fourth-order valence-electron chi connectivity index (χ4n) is 2.05. The highest BCUT2D eigenvalue weighted by atomic mass is 16.4. The number of aromatic nitrogens is 2. The highest BCUT2D eigenvalue weighted by Gasteiger charge is 2.07. The van der Waals surface area contributed by atoms with Gasteiger partial charge in [0.25, 0.3) is 5.56 Å². The number of rotatable bonds is 5. The van der Waals surface area contributed by atoms with Gasteiger partial charge in [-0.25, -0.2) is 9.59 Å². The molecule has 6 heteroatoms. The largest absolute Gasteiger partial charge is 0.478 e. The van der Waals surface area contributed by atoms with Crippen molar-refractivity contribution >= 4 is 5.97 Å². The Morgan fingerprint density at radius 2 is 1.81 bits per heavy atom. The topological polar surface area (TPSA) is 81.3 Å². The second kappa shape index (κ2) is 6.21. The van der Waals surface area contributed by atoms with E-state index in [0.29, 0.717) is 12.1 Å². The normalized spacial score (nSPS) is 10.5. The van der Waals surface area contributed by atoms with Crippen LogP contribution in [0.1, 0.15) is 29.3 Å². The van der Waals surface area contributed by atoms with Crippen LogP contribution < -0.4 is 11.2 Å². The summed E-state index contributed by atoms with van der Waals surface area (Å²) in [5, 5.41) is 8.84. The van der Waals surface area contributed by atoms with Crippen LogP contribution in [0.5, 0.6) is 0 Å². The van der Waals surface area contributed by atoms with Crippen LogP contribution in [0.2, 0.25) is 0 Å². The second-order valence-corrected chi connectivity index (χ2v) is 4.72. The molecule has 0 unspecified atom stereocenters. The van der Waals surface area contributed by atoms with E-state index in [1.54, 1.807) is 12.1 Å². The molecule has 0 radical (unpaired) electrons. The van der Waals surface area contributed by atoms with Gasteiger partial charge in [0, 0.05) is 18.8 Å². The molecule has 0 aliphatic rings. The minimum atomic E-state index is -1.01. The molecule has 0 saturated heterocycles. The Kier molecular flexibility index (Phi) is 4.37. The van der Waals surface area contributed by atoms with E-state index in [2.05, 4.69) is 0 Å². The molecule has 0 amide bonds. The Morgan fingerprint density at radius 1 is 1.14 bits per heavy atom. The van der Waals surface area contributed by atoms with Crippen molar-refractivity contribution in [3.63, 3.8) is 0 Å². The van der Waals surface area contributed by atoms with Gasteiger partial charge >= 0.3 is 11.7 Å². The molecule has 0 fully saturated rings. The second-order valence-electron chi connectivity index (χ2n) is 4.72. The van der Waals surface area contributed by atoms with E-state index in [4.69, 9.17) is 5.11 Å². The number of carboxylic acid groups (broad SMARTS) is 1. The first kappa shape index (κ1) is 14.8. The summed E-state index contributed by atoms with van der Waals surface area (Å²) < 4.78 is 2.64. The predicted octanol–water partition coefficient (Wildman–Crippen LogP) is 1.17. The van der Waals surface area contributed by atoms with E-state index in [-0.39, 0.29) is 23.4 Å². The SMILES string of the molecule is CCCn1ccc(=O)n(Cc2ccc(C(=O)O)cc2)c1=O. The number of aryl methyl sites for hydroxylation is 1. The summed E-state index contributed by atoms with van der Waals surface area (Å²) >= 11 is 0. The monoisotopic (exact) mass is 288 g/mol. The number of carboxylic acids is 1. The fraction of sp³-hybridized carbons (Fsp3) is 0.267. The third-order valence-electron chi connectivity index (χ3n) is 3.15. The number of benzene rings is 1. The van der Waals surface area contributed by atoms with Gasteiger partial charge in [0.05, 0.1) is 12.1 Å². The molecule has 0 saturated carbocycles. The van der Waals surface area contributed by atoms with Crippen LogP contribution >= 0.6 is 0 Å². The van der Waals surface area contributed by atoms with Crippen molar-refractivity contribution in [2.45, 2.75) is 26.4 Å². The Bertz CT molecular complexity index is 756. The Morgan fingerprint density at radius 3 is 2.38 bits per heavy atom. The first-order valence-corrected chi connectivity index (χ1v) is 6.65. The van der Waals surface area contributed by atoms with Crippen molar-refractivity contribution in [3.05, 3.63) is 68.5 Å². The minimum Gasteiger partial charge on any atom is -0.478 e. The summed E-state index contributed by atoms with van der Waals surface area (Å²) in [4.78, 5) is 34.8. The van der Waals surface area contributed by atoms with E-state index in [0.717, 1.165) is 11.0 Å². The summed E-state index contributed by atoms with van der Waals surface area (Å²) in [7, 11) is 0. The lowest BCUT2D eigenvalue weighted by Gasteiger charge is -2.09. The first-order valence-electron chi connectivity index (χ1n) is 6.65. The van der Waals surface area contributed by atoms with Crippen LogP contribution in [0.4, 0.5) is 0 Å². The van der Waals surface area contributed by atoms with E-state index in [9.17, 15) is 14.4 Å². The maximum absolute atomic E-state index is 12.2. The van der Waals surface area contributed by atoms with Crippen LogP contribution in [0.3, 0.4) is 0 Å². The van der Waals surface area contributed by atoms with Crippen molar-refractivity contribution < 1.29 is 9.90 Å². The van der Waals surface area contributed by atoms with Crippen LogP contribution in [0.15, 0.2) is 46.1 Å². The molecule has 0 aliphatic carbocycles. The Labute approximate surface area is 120 Å². The van der Waals surface area contributed by atoms with Gasteiger partial charge in [0.2, 0.25) is 0 Å². The zero-order valence-corrected chi connectivity index (χ0v) is 11.7. The smallest absolute Gasteiger partial charge is 0.335 e. The van der Waals surface area contributed by atoms with Crippen molar-refractivity contribution in [1.29, 1.82) is 0 Å². The van der Waals surface area contributed by atoms with E-state index in [1.165, 1.54) is 29.0 Å². The zero-order valence-electron chi connectivity index (χ0n) is 11.7. The predicted molar refractivity (Wildman–Crippen MR) is 77.8 cm³/mol. The first-order chi connectivity index (χ1) is 10.0. The Balaban J connectivity index is 2.35. The number of aromatic carboxylic acids is 1. The van der Waals surface area contributed by atoms with E-state index >= 15 is 0 Å². The number of hydrogen-bond acceptors (Lipinski definition) is 3. The maximum atomic E-state index is 12.2. The summed E-state index contributed by atoms with van der Waals surface area (Å²) in [6.45, 7) is 2.63. The minimum absolute atomic E-state index is 0.127. The van der Waals surface area contributed by atoms with Gasteiger partial charge in [-0.15, -0.1) is 0 Å². The molecule has 1 N–H and O–H groups in total. The lowest BCUT2D eigenvalue weighted by molar-refractivity contribution is 0.0697. The summed E-state index contributed by atoms with van der Waals surface area (Å²) in [5.74, 6) is -1.01. The van der Waals surface area contributed by atoms with Crippen LogP contribution in [0, 0.1) is 0 Å². The average Bonchev–Trinajstić information content (AvgIpc) is 2.47.